The fourth-order valence-electron chi connectivity index (χ4n) is 2.60. The molecule has 0 aliphatic heterocycles. The Morgan fingerprint density at radius 2 is 2.16 bits per heavy atom. The highest BCUT2D eigenvalue weighted by molar-refractivity contribution is 5.78. The van der Waals surface area contributed by atoms with Crippen LogP contribution in [0.5, 0.6) is 0 Å². The molecule has 1 heterocycles. The number of hydrogen-bond acceptors (Lipinski definition) is 3. The van der Waals surface area contributed by atoms with Crippen molar-refractivity contribution in [3.05, 3.63) is 29.6 Å². The predicted molar refractivity (Wildman–Crippen MR) is 75.6 cm³/mol. The summed E-state index contributed by atoms with van der Waals surface area (Å²) in [5.41, 5.74) is 8.28. The molecule has 1 aliphatic rings. The van der Waals surface area contributed by atoms with E-state index in [1.807, 2.05) is 12.3 Å². The Morgan fingerprint density at radius 3 is 2.84 bits per heavy atom. The average molecular weight is 261 g/mol. The van der Waals surface area contributed by atoms with Gasteiger partial charge in [-0.2, -0.15) is 0 Å². The third-order valence-electron chi connectivity index (χ3n) is 3.98. The van der Waals surface area contributed by atoms with Crippen LogP contribution in [0.15, 0.2) is 18.5 Å². The number of rotatable bonds is 4. The third-order valence-corrected chi connectivity index (χ3v) is 3.98. The van der Waals surface area contributed by atoms with Crippen molar-refractivity contribution in [2.24, 2.45) is 11.7 Å². The molecule has 1 fully saturated rings. The lowest BCUT2D eigenvalue weighted by Gasteiger charge is -2.25. The zero-order chi connectivity index (χ0) is 13.7. The fraction of sp³-hybridized carbons (Fsp3) is 0.600. The van der Waals surface area contributed by atoms with Crippen LogP contribution in [0.3, 0.4) is 0 Å². The van der Waals surface area contributed by atoms with E-state index < -0.39 is 0 Å². The van der Waals surface area contributed by atoms with Gasteiger partial charge in [0, 0.05) is 30.9 Å². The van der Waals surface area contributed by atoms with Crippen molar-refractivity contribution in [3.8, 4) is 0 Å². The Morgan fingerprint density at radius 1 is 1.42 bits per heavy atom. The van der Waals surface area contributed by atoms with Crippen LogP contribution in [-0.2, 0) is 11.2 Å². The molecule has 1 aromatic heterocycles. The minimum atomic E-state index is 0.162. The average Bonchev–Trinajstić information content (AvgIpc) is 2.41. The van der Waals surface area contributed by atoms with Crippen molar-refractivity contribution < 1.29 is 4.79 Å². The minimum absolute atomic E-state index is 0.162. The van der Waals surface area contributed by atoms with Crippen molar-refractivity contribution in [3.63, 3.8) is 0 Å². The van der Waals surface area contributed by atoms with Crippen molar-refractivity contribution >= 4 is 5.91 Å². The van der Waals surface area contributed by atoms with Crippen LogP contribution in [0, 0.1) is 12.8 Å². The van der Waals surface area contributed by atoms with Crippen LogP contribution in [0.1, 0.15) is 36.8 Å². The third kappa shape index (κ3) is 4.03. The molecule has 104 valence electrons. The molecule has 0 atom stereocenters. The van der Waals surface area contributed by atoms with Gasteiger partial charge in [0.15, 0.2) is 0 Å². The van der Waals surface area contributed by atoms with Gasteiger partial charge in [-0.05, 0) is 56.2 Å². The Kier molecular flexibility index (Phi) is 4.91. The molecule has 0 spiro atoms. The first-order valence-corrected chi connectivity index (χ1v) is 7.09. The normalized spacial score (nSPS) is 23.1. The maximum absolute atomic E-state index is 12.0. The van der Waals surface area contributed by atoms with E-state index in [1.165, 1.54) is 11.1 Å². The number of aryl methyl sites for hydroxylation is 1. The maximum Gasteiger partial charge on any atom is 0.223 e. The van der Waals surface area contributed by atoms with Gasteiger partial charge in [-0.3, -0.25) is 9.78 Å². The molecule has 4 nitrogen and oxygen atoms in total. The Hall–Kier alpha value is -1.42. The van der Waals surface area contributed by atoms with E-state index in [4.69, 9.17) is 5.73 Å². The second-order valence-electron chi connectivity index (χ2n) is 5.45. The van der Waals surface area contributed by atoms with Crippen molar-refractivity contribution in [2.45, 2.75) is 45.1 Å². The molecule has 1 amide bonds. The second-order valence-corrected chi connectivity index (χ2v) is 5.45. The molecular formula is C15H23N3O. The summed E-state index contributed by atoms with van der Waals surface area (Å²) in [7, 11) is 0. The van der Waals surface area contributed by atoms with E-state index in [1.54, 1.807) is 6.20 Å². The molecule has 2 rings (SSSR count). The van der Waals surface area contributed by atoms with E-state index in [0.29, 0.717) is 12.6 Å². The van der Waals surface area contributed by atoms with E-state index in [-0.39, 0.29) is 11.8 Å². The van der Waals surface area contributed by atoms with Gasteiger partial charge in [0.05, 0.1) is 0 Å². The lowest BCUT2D eigenvalue weighted by Crippen LogP contribution is -2.37. The summed E-state index contributed by atoms with van der Waals surface area (Å²) in [6.45, 7) is 2.76. The van der Waals surface area contributed by atoms with E-state index >= 15 is 0 Å². The first kappa shape index (κ1) is 14.0. The molecule has 3 N–H and O–H groups in total. The Bertz CT molecular complexity index is 425. The molecule has 0 unspecified atom stereocenters. The topological polar surface area (TPSA) is 68.0 Å². The summed E-state index contributed by atoms with van der Waals surface area (Å²) < 4.78 is 0. The van der Waals surface area contributed by atoms with Crippen molar-refractivity contribution in [1.29, 1.82) is 0 Å². The number of hydrogen-bond donors (Lipinski definition) is 2. The summed E-state index contributed by atoms with van der Waals surface area (Å²) in [4.78, 5) is 16.1. The van der Waals surface area contributed by atoms with Gasteiger partial charge < -0.3 is 11.1 Å². The zero-order valence-electron chi connectivity index (χ0n) is 11.6. The molecule has 1 saturated carbocycles. The largest absolute Gasteiger partial charge is 0.356 e. The van der Waals surface area contributed by atoms with E-state index in [2.05, 4.69) is 17.2 Å². The monoisotopic (exact) mass is 261 g/mol. The standard InChI is InChI=1S/C15H23N3O/c1-11-6-8-17-10-13(11)7-9-18-15(19)12-2-4-14(16)5-3-12/h6,8,10,12,14H,2-5,7,9,16H2,1H3,(H,18,19). The molecular weight excluding hydrogens is 238 g/mol. The van der Waals surface area contributed by atoms with Gasteiger partial charge >= 0.3 is 0 Å². The molecule has 0 saturated heterocycles. The van der Waals surface area contributed by atoms with Crippen molar-refractivity contribution in [1.82, 2.24) is 10.3 Å². The summed E-state index contributed by atoms with van der Waals surface area (Å²) in [6.07, 6.45) is 8.32. The van der Waals surface area contributed by atoms with Crippen LogP contribution >= 0.6 is 0 Å². The number of aromatic nitrogens is 1. The SMILES string of the molecule is Cc1ccncc1CCNC(=O)C1CCC(N)CC1. The lowest BCUT2D eigenvalue weighted by atomic mass is 9.86. The van der Waals surface area contributed by atoms with Gasteiger partial charge in [-0.15, -0.1) is 0 Å². The fourth-order valence-corrected chi connectivity index (χ4v) is 2.60. The van der Waals surface area contributed by atoms with Gasteiger partial charge in [-0.1, -0.05) is 0 Å². The quantitative estimate of drug-likeness (QED) is 0.864. The molecule has 4 heteroatoms. The first-order chi connectivity index (χ1) is 9.16. The smallest absolute Gasteiger partial charge is 0.223 e. The summed E-state index contributed by atoms with van der Waals surface area (Å²) in [5, 5.41) is 3.04. The van der Waals surface area contributed by atoms with Crippen LogP contribution < -0.4 is 11.1 Å². The number of nitrogens with one attached hydrogen (secondary N) is 1. The number of nitrogens with zero attached hydrogens (tertiary/aromatic N) is 1. The summed E-state index contributed by atoms with van der Waals surface area (Å²) >= 11 is 0. The van der Waals surface area contributed by atoms with Crippen LogP contribution in [-0.4, -0.2) is 23.5 Å². The highest BCUT2D eigenvalue weighted by Crippen LogP contribution is 2.23. The number of carbonyl (C=O) groups is 1. The minimum Gasteiger partial charge on any atom is -0.356 e. The summed E-state index contributed by atoms with van der Waals surface area (Å²) in [5.74, 6) is 0.350. The van der Waals surface area contributed by atoms with E-state index in [9.17, 15) is 4.79 Å². The van der Waals surface area contributed by atoms with Crippen molar-refractivity contribution in [2.75, 3.05) is 6.54 Å². The zero-order valence-corrected chi connectivity index (χ0v) is 11.6. The number of pyridine rings is 1. The van der Waals surface area contributed by atoms with Crippen LogP contribution in [0.4, 0.5) is 0 Å². The predicted octanol–water partition coefficient (Wildman–Crippen LogP) is 1.57. The number of amides is 1. The Labute approximate surface area is 114 Å². The molecule has 1 aliphatic carbocycles. The number of nitrogens with two attached hydrogens (primary N) is 1. The molecule has 19 heavy (non-hydrogen) atoms. The van der Waals surface area contributed by atoms with E-state index in [0.717, 1.165) is 32.1 Å². The Balaban J connectivity index is 1.74. The molecule has 1 aromatic rings. The molecule has 0 bridgehead atoms. The van der Waals surface area contributed by atoms with Gasteiger partial charge in [-0.25, -0.2) is 0 Å². The second kappa shape index (κ2) is 6.66. The van der Waals surface area contributed by atoms with Gasteiger partial charge in [0.25, 0.3) is 0 Å². The highest BCUT2D eigenvalue weighted by Gasteiger charge is 2.24. The lowest BCUT2D eigenvalue weighted by molar-refractivity contribution is -0.125. The van der Waals surface area contributed by atoms with Crippen LogP contribution in [0.25, 0.3) is 0 Å². The number of carbonyl (C=O) groups excluding carboxylic acids is 1. The van der Waals surface area contributed by atoms with Gasteiger partial charge in [0.2, 0.25) is 5.91 Å². The summed E-state index contributed by atoms with van der Waals surface area (Å²) in [6, 6.07) is 2.29. The first-order valence-electron chi connectivity index (χ1n) is 7.09. The highest BCUT2D eigenvalue weighted by atomic mass is 16.1. The maximum atomic E-state index is 12.0. The molecule has 0 radical (unpaired) electrons. The van der Waals surface area contributed by atoms with Crippen LogP contribution in [0.2, 0.25) is 0 Å². The molecule has 0 aromatic carbocycles. The van der Waals surface area contributed by atoms with Gasteiger partial charge in [0.1, 0.15) is 0 Å².